The largest absolute Gasteiger partial charge is 0.433 e. The van der Waals surface area contributed by atoms with Crippen molar-refractivity contribution in [2.75, 3.05) is 0 Å². The Kier molecular flexibility index (Phi) is 5.61. The number of hydrogen-bond acceptors (Lipinski definition) is 1. The predicted molar refractivity (Wildman–Crippen MR) is 48.5 cm³/mol. The first-order valence-corrected chi connectivity index (χ1v) is 5.46. The van der Waals surface area contributed by atoms with Gasteiger partial charge in [0.05, 0.1) is 0 Å². The molecule has 0 saturated carbocycles. The van der Waals surface area contributed by atoms with Gasteiger partial charge in [-0.2, -0.15) is 26.3 Å². The van der Waals surface area contributed by atoms with Crippen LogP contribution in [0.15, 0.2) is 0 Å². The summed E-state index contributed by atoms with van der Waals surface area (Å²) >= 11 is 2.41. The molecule has 2 unspecified atom stereocenters. The summed E-state index contributed by atoms with van der Waals surface area (Å²) in [4.78, 5) is 0. The zero-order chi connectivity index (χ0) is 15.9. The molecule has 2 atom stereocenters. The molecule has 0 aliphatic carbocycles. The Morgan fingerprint density at radius 3 is 0.947 bits per heavy atom. The van der Waals surface area contributed by atoms with Crippen molar-refractivity contribution in [3.63, 3.8) is 0 Å². The van der Waals surface area contributed by atoms with Crippen molar-refractivity contribution in [3.05, 3.63) is 0 Å². The van der Waals surface area contributed by atoms with Crippen molar-refractivity contribution in [1.29, 1.82) is 0 Å². The topological polar surface area (TPSA) is 9.23 Å². The van der Waals surface area contributed by atoms with Gasteiger partial charge in [-0.3, -0.25) is 0 Å². The first-order valence-electron chi connectivity index (χ1n) is 3.87. The van der Waals surface area contributed by atoms with Gasteiger partial charge in [0.2, 0.25) is 0 Å². The molecule has 0 aromatic carbocycles. The summed E-state index contributed by atoms with van der Waals surface area (Å²) in [5.41, 5.74) is 0. The van der Waals surface area contributed by atoms with Crippen molar-refractivity contribution in [2.24, 2.45) is 0 Å². The molecule has 0 aliphatic rings. The van der Waals surface area contributed by atoms with E-state index in [4.69, 9.17) is 0 Å². The van der Waals surface area contributed by atoms with E-state index >= 15 is 0 Å². The van der Waals surface area contributed by atoms with E-state index < -0.39 is 34.2 Å². The number of halogens is 12. The number of hydrogen-bond donors (Lipinski definition) is 0. The Morgan fingerprint density at radius 1 is 0.632 bits per heavy atom. The highest BCUT2D eigenvalue weighted by molar-refractivity contribution is 9.10. The molecular formula is C6H2Br2F10O. The lowest BCUT2D eigenvalue weighted by molar-refractivity contribution is -0.344. The minimum atomic E-state index is -6.08. The van der Waals surface area contributed by atoms with Crippen LogP contribution in [0.3, 0.4) is 0 Å². The van der Waals surface area contributed by atoms with Crippen molar-refractivity contribution in [3.8, 4) is 0 Å². The van der Waals surface area contributed by atoms with Crippen LogP contribution in [0.1, 0.15) is 0 Å². The Hall–Kier alpha value is 0.220. The highest BCUT2D eigenvalue weighted by Gasteiger charge is 2.71. The maximum atomic E-state index is 12.3. The van der Waals surface area contributed by atoms with Gasteiger partial charge in [-0.1, -0.05) is 0 Å². The van der Waals surface area contributed by atoms with E-state index in [1.54, 1.807) is 0 Å². The maximum absolute atomic E-state index is 12.3. The van der Waals surface area contributed by atoms with Crippen molar-refractivity contribution in [1.82, 2.24) is 0 Å². The van der Waals surface area contributed by atoms with Crippen molar-refractivity contribution >= 4 is 31.9 Å². The molecular weight excluding hydrogens is 438 g/mol. The molecule has 13 heteroatoms. The molecule has 0 fully saturated rings. The second-order valence-corrected chi connectivity index (χ2v) is 5.35. The van der Waals surface area contributed by atoms with Gasteiger partial charge in [0.1, 0.15) is 0 Å². The SMILES string of the molecule is FC(F)C(Br)(OC(Br)(C(F)F)C(F)(F)F)C(F)(F)F. The van der Waals surface area contributed by atoms with Crippen LogP contribution in [0.25, 0.3) is 0 Å². The average Bonchev–Trinajstić information content (AvgIpc) is 2.12. The third-order valence-electron chi connectivity index (χ3n) is 1.63. The molecule has 0 aromatic heterocycles. The van der Waals surface area contributed by atoms with Crippen LogP contribution >= 0.6 is 31.9 Å². The van der Waals surface area contributed by atoms with Crippen LogP contribution in [0, 0.1) is 0 Å². The van der Waals surface area contributed by atoms with Crippen LogP contribution in [0.5, 0.6) is 0 Å². The van der Waals surface area contributed by atoms with E-state index in [1.165, 1.54) is 31.9 Å². The monoisotopic (exact) mass is 438 g/mol. The van der Waals surface area contributed by atoms with Gasteiger partial charge in [-0.05, 0) is 31.9 Å². The molecule has 0 saturated heterocycles. The van der Waals surface area contributed by atoms with Gasteiger partial charge in [-0.25, -0.2) is 17.6 Å². The summed E-state index contributed by atoms with van der Waals surface area (Å²) in [7, 11) is 0. The second kappa shape index (κ2) is 5.54. The fraction of sp³-hybridized carbons (Fsp3) is 1.00. The zero-order valence-corrected chi connectivity index (χ0v) is 11.3. The Balaban J connectivity index is 5.69. The van der Waals surface area contributed by atoms with Crippen molar-refractivity contribution in [2.45, 2.75) is 34.2 Å². The van der Waals surface area contributed by atoms with Gasteiger partial charge in [-0.15, -0.1) is 0 Å². The molecule has 0 amide bonds. The van der Waals surface area contributed by atoms with Crippen LogP contribution in [0.4, 0.5) is 43.9 Å². The van der Waals surface area contributed by atoms with Crippen LogP contribution in [-0.4, -0.2) is 34.2 Å². The molecule has 0 bridgehead atoms. The van der Waals surface area contributed by atoms with E-state index in [2.05, 4.69) is 4.74 Å². The molecule has 0 aromatic rings. The first-order chi connectivity index (χ1) is 8.09. The quantitative estimate of drug-likeness (QED) is 0.450. The summed E-state index contributed by atoms with van der Waals surface area (Å²) in [6.07, 6.45) is -21.4. The highest BCUT2D eigenvalue weighted by Crippen LogP contribution is 2.53. The van der Waals surface area contributed by atoms with Gasteiger partial charge in [0, 0.05) is 0 Å². The predicted octanol–water partition coefficient (Wildman–Crippen LogP) is 4.84. The Morgan fingerprint density at radius 2 is 0.842 bits per heavy atom. The molecule has 1 nitrogen and oxygen atoms in total. The fourth-order valence-corrected chi connectivity index (χ4v) is 1.40. The Labute approximate surface area is 115 Å². The zero-order valence-electron chi connectivity index (χ0n) is 8.10. The molecule has 0 rings (SSSR count). The second-order valence-electron chi connectivity index (χ2n) is 2.99. The number of alkyl halides is 12. The minimum Gasteiger partial charge on any atom is -0.318 e. The van der Waals surface area contributed by atoms with E-state index in [0.29, 0.717) is 0 Å². The smallest absolute Gasteiger partial charge is 0.318 e. The standard InChI is InChI=1S/C6H2Br2F10O/c7-3(1(9)10,5(13,14)15)19-4(8,2(11)12)6(16,17)18/h1-2H. The Bertz CT molecular complexity index is 284. The van der Waals surface area contributed by atoms with Gasteiger partial charge >= 0.3 is 12.4 Å². The lowest BCUT2D eigenvalue weighted by Gasteiger charge is -2.38. The highest BCUT2D eigenvalue weighted by atomic mass is 79.9. The summed E-state index contributed by atoms with van der Waals surface area (Å²) in [6.45, 7) is 0. The van der Waals surface area contributed by atoms with Crippen LogP contribution in [0.2, 0.25) is 0 Å². The normalized spacial score (nSPS) is 20.5. The summed E-state index contributed by atoms with van der Waals surface area (Å²) in [5, 5.41) is 0. The molecule has 0 aliphatic heterocycles. The summed E-state index contributed by atoms with van der Waals surface area (Å²) in [5.74, 6) is 0. The van der Waals surface area contributed by atoms with E-state index in [1.807, 2.05) is 0 Å². The average molecular weight is 440 g/mol. The fourth-order valence-electron chi connectivity index (χ4n) is 0.668. The number of rotatable bonds is 4. The van der Waals surface area contributed by atoms with Crippen LogP contribution < -0.4 is 0 Å². The van der Waals surface area contributed by atoms with Gasteiger partial charge in [0.25, 0.3) is 21.9 Å². The number of ether oxygens (including phenoxy) is 1. The molecule has 19 heavy (non-hydrogen) atoms. The summed E-state index contributed by atoms with van der Waals surface area (Å²) in [6, 6.07) is 0. The van der Waals surface area contributed by atoms with Gasteiger partial charge < -0.3 is 4.74 Å². The van der Waals surface area contributed by atoms with E-state index in [9.17, 15) is 43.9 Å². The van der Waals surface area contributed by atoms with Crippen molar-refractivity contribution < 1.29 is 48.6 Å². The van der Waals surface area contributed by atoms with Gasteiger partial charge in [0.15, 0.2) is 0 Å². The molecule has 116 valence electrons. The van der Waals surface area contributed by atoms with Crippen LogP contribution in [-0.2, 0) is 4.74 Å². The summed E-state index contributed by atoms with van der Waals surface area (Å²) < 4.78 is 116. The molecule has 0 spiro atoms. The minimum absolute atomic E-state index is 1.21. The van der Waals surface area contributed by atoms with E-state index in [0.717, 1.165) is 0 Å². The molecule has 0 heterocycles. The maximum Gasteiger partial charge on any atom is 0.433 e. The molecule has 0 radical (unpaired) electrons. The third kappa shape index (κ3) is 3.65. The lowest BCUT2D eigenvalue weighted by atomic mass is 10.3. The molecule has 0 N–H and O–H groups in total. The lowest BCUT2D eigenvalue weighted by Crippen LogP contribution is -2.59. The third-order valence-corrected chi connectivity index (χ3v) is 3.55. The van der Waals surface area contributed by atoms with E-state index in [-0.39, 0.29) is 0 Å². The first kappa shape index (κ1) is 19.2.